The minimum atomic E-state index is -0.391. The van der Waals surface area contributed by atoms with Crippen LogP contribution in [-0.4, -0.2) is 56.8 Å². The first-order valence-corrected chi connectivity index (χ1v) is 7.62. The van der Waals surface area contributed by atoms with Gasteiger partial charge in [-0.25, -0.2) is 4.79 Å². The van der Waals surface area contributed by atoms with Crippen molar-refractivity contribution in [2.24, 2.45) is 5.92 Å². The van der Waals surface area contributed by atoms with Crippen molar-refractivity contribution in [3.63, 3.8) is 0 Å². The third kappa shape index (κ3) is 3.84. The van der Waals surface area contributed by atoms with Gasteiger partial charge in [-0.2, -0.15) is 0 Å². The molecule has 6 nitrogen and oxygen atoms in total. The first-order valence-electron chi connectivity index (χ1n) is 7.62. The second kappa shape index (κ2) is 7.24. The second-order valence-corrected chi connectivity index (χ2v) is 5.94. The molecule has 0 aromatic carbocycles. The lowest BCUT2D eigenvalue weighted by atomic mass is 10.1. The van der Waals surface area contributed by atoms with Crippen LogP contribution < -0.4 is 10.6 Å². The number of amides is 1. The Bertz CT molecular complexity index is 324. The summed E-state index contributed by atoms with van der Waals surface area (Å²) in [6.45, 7) is 9.06. The molecule has 2 aliphatic heterocycles. The standard InChI is InChI=1S/C14H26N2O4/c1-4-15-14(17)20-11-8-19-12-10(7-18-13(11)12)16-6-5-9(2)3/h9-13,16H,4-8H2,1-3H3,(H,15,17)/p+1/t10-,11+,12+,13+/m0/s1. The van der Waals surface area contributed by atoms with Gasteiger partial charge >= 0.3 is 6.09 Å². The molecular formula is C14H27N2O4+. The van der Waals surface area contributed by atoms with E-state index in [0.717, 1.165) is 6.54 Å². The average Bonchev–Trinajstić information content (AvgIpc) is 2.94. The molecule has 2 rings (SSSR count). The van der Waals surface area contributed by atoms with Crippen molar-refractivity contribution in [1.29, 1.82) is 0 Å². The molecule has 1 amide bonds. The molecule has 2 saturated heterocycles. The molecule has 2 heterocycles. The number of alkyl carbamates (subject to hydrolysis) is 1. The van der Waals surface area contributed by atoms with Crippen LogP contribution in [0.2, 0.25) is 0 Å². The summed E-state index contributed by atoms with van der Waals surface area (Å²) in [5.41, 5.74) is 0. The van der Waals surface area contributed by atoms with Gasteiger partial charge in [0.2, 0.25) is 0 Å². The lowest BCUT2D eigenvalue weighted by Gasteiger charge is -2.16. The monoisotopic (exact) mass is 287 g/mol. The van der Waals surface area contributed by atoms with Gasteiger partial charge in [-0.3, -0.25) is 0 Å². The van der Waals surface area contributed by atoms with Gasteiger partial charge in [-0.05, 0) is 19.3 Å². The van der Waals surface area contributed by atoms with Crippen LogP contribution in [0.5, 0.6) is 0 Å². The maximum atomic E-state index is 11.5. The zero-order valence-corrected chi connectivity index (χ0v) is 12.6. The van der Waals surface area contributed by atoms with Crippen LogP contribution in [0, 0.1) is 5.92 Å². The second-order valence-electron chi connectivity index (χ2n) is 5.94. The van der Waals surface area contributed by atoms with Crippen LogP contribution in [0.1, 0.15) is 27.2 Å². The highest BCUT2D eigenvalue weighted by Gasteiger charge is 2.51. The molecular weight excluding hydrogens is 260 g/mol. The molecule has 20 heavy (non-hydrogen) atoms. The fourth-order valence-electron chi connectivity index (χ4n) is 2.76. The number of nitrogens with two attached hydrogens (primary N) is 1. The topological polar surface area (TPSA) is 73.4 Å². The van der Waals surface area contributed by atoms with Crippen LogP contribution in [0.3, 0.4) is 0 Å². The number of ether oxygens (including phenoxy) is 3. The van der Waals surface area contributed by atoms with E-state index >= 15 is 0 Å². The minimum Gasteiger partial charge on any atom is -0.441 e. The Morgan fingerprint density at radius 1 is 1.35 bits per heavy atom. The maximum Gasteiger partial charge on any atom is 0.407 e. The molecule has 0 aromatic rings. The number of hydrogen-bond donors (Lipinski definition) is 2. The van der Waals surface area contributed by atoms with Crippen LogP contribution >= 0.6 is 0 Å². The minimum absolute atomic E-state index is 0.0431. The molecule has 4 atom stereocenters. The summed E-state index contributed by atoms with van der Waals surface area (Å²) in [5.74, 6) is 0.711. The lowest BCUT2D eigenvalue weighted by molar-refractivity contribution is -0.693. The van der Waals surface area contributed by atoms with E-state index < -0.39 is 6.09 Å². The molecule has 2 fully saturated rings. The van der Waals surface area contributed by atoms with Crippen molar-refractivity contribution >= 4 is 6.09 Å². The van der Waals surface area contributed by atoms with E-state index in [-0.39, 0.29) is 18.3 Å². The van der Waals surface area contributed by atoms with Crippen LogP contribution in [-0.2, 0) is 14.2 Å². The number of carbonyl (C=O) groups excluding carboxylic acids is 1. The molecule has 0 radical (unpaired) electrons. The molecule has 6 heteroatoms. The largest absolute Gasteiger partial charge is 0.441 e. The Hall–Kier alpha value is -0.850. The van der Waals surface area contributed by atoms with Gasteiger partial charge in [-0.15, -0.1) is 0 Å². The summed E-state index contributed by atoms with van der Waals surface area (Å²) in [4.78, 5) is 11.5. The first kappa shape index (κ1) is 15.5. The summed E-state index contributed by atoms with van der Waals surface area (Å²) in [6.07, 6.45) is 0.444. The Morgan fingerprint density at radius 2 is 2.10 bits per heavy atom. The average molecular weight is 287 g/mol. The van der Waals surface area contributed by atoms with Crippen LogP contribution in [0.25, 0.3) is 0 Å². The van der Waals surface area contributed by atoms with E-state index in [1.54, 1.807) is 0 Å². The molecule has 2 aliphatic rings. The molecule has 0 aliphatic carbocycles. The number of rotatable bonds is 6. The Labute approximate surface area is 120 Å². The zero-order chi connectivity index (χ0) is 14.5. The van der Waals surface area contributed by atoms with Crippen molar-refractivity contribution in [3.8, 4) is 0 Å². The van der Waals surface area contributed by atoms with Gasteiger partial charge in [0.05, 0.1) is 13.2 Å². The number of nitrogens with one attached hydrogen (secondary N) is 1. The number of quaternary nitrogens is 1. The Morgan fingerprint density at radius 3 is 2.80 bits per heavy atom. The van der Waals surface area contributed by atoms with Gasteiger partial charge in [-0.1, -0.05) is 13.8 Å². The SMILES string of the molecule is CCNC(=O)O[C@@H]1CO[C@H]2[C@@H]1OC[C@@H]2[NH2+]CCC(C)C. The summed E-state index contributed by atoms with van der Waals surface area (Å²) < 4.78 is 16.9. The van der Waals surface area contributed by atoms with E-state index in [4.69, 9.17) is 14.2 Å². The zero-order valence-electron chi connectivity index (χ0n) is 12.6. The quantitative estimate of drug-likeness (QED) is 0.714. The highest BCUT2D eigenvalue weighted by Crippen LogP contribution is 2.27. The fraction of sp³-hybridized carbons (Fsp3) is 0.929. The lowest BCUT2D eigenvalue weighted by Crippen LogP contribution is -2.93. The third-order valence-corrected chi connectivity index (χ3v) is 3.84. The predicted octanol–water partition coefficient (Wildman–Crippen LogP) is -0.123. The summed E-state index contributed by atoms with van der Waals surface area (Å²) in [5, 5.41) is 4.93. The van der Waals surface area contributed by atoms with Crippen molar-refractivity contribution < 1.29 is 24.3 Å². The maximum absolute atomic E-state index is 11.5. The number of carbonyl (C=O) groups is 1. The van der Waals surface area contributed by atoms with Gasteiger partial charge in [0.25, 0.3) is 0 Å². The van der Waals surface area contributed by atoms with Crippen LogP contribution in [0.4, 0.5) is 4.79 Å². The summed E-state index contributed by atoms with van der Waals surface area (Å²) in [6, 6.07) is 0.321. The highest BCUT2D eigenvalue weighted by atomic mass is 16.6. The number of fused-ring (bicyclic) bond motifs is 1. The van der Waals surface area contributed by atoms with Crippen LogP contribution in [0.15, 0.2) is 0 Å². The van der Waals surface area contributed by atoms with E-state index in [1.807, 2.05) is 6.92 Å². The Kier molecular flexibility index (Phi) is 5.63. The van der Waals surface area contributed by atoms with Crippen molar-refractivity contribution in [1.82, 2.24) is 5.32 Å². The molecule has 0 saturated carbocycles. The predicted molar refractivity (Wildman–Crippen MR) is 73.5 cm³/mol. The highest BCUT2D eigenvalue weighted by molar-refractivity contribution is 5.67. The van der Waals surface area contributed by atoms with Crippen molar-refractivity contribution in [2.75, 3.05) is 26.3 Å². The van der Waals surface area contributed by atoms with Gasteiger partial charge in [0, 0.05) is 6.54 Å². The normalized spacial score (nSPS) is 32.4. The smallest absolute Gasteiger partial charge is 0.407 e. The van der Waals surface area contributed by atoms with E-state index in [0.29, 0.717) is 31.7 Å². The molecule has 0 unspecified atom stereocenters. The molecule has 3 N–H and O–H groups in total. The van der Waals surface area contributed by atoms with Crippen molar-refractivity contribution in [3.05, 3.63) is 0 Å². The number of hydrogen-bond acceptors (Lipinski definition) is 4. The van der Waals surface area contributed by atoms with Crippen molar-refractivity contribution in [2.45, 2.75) is 51.5 Å². The molecule has 0 aromatic heterocycles. The molecule has 116 valence electrons. The van der Waals surface area contributed by atoms with E-state index in [1.165, 1.54) is 6.42 Å². The van der Waals surface area contributed by atoms with E-state index in [9.17, 15) is 4.79 Å². The van der Waals surface area contributed by atoms with Gasteiger partial charge < -0.3 is 24.8 Å². The molecule has 0 bridgehead atoms. The summed E-state index contributed by atoms with van der Waals surface area (Å²) in [7, 11) is 0. The Balaban J connectivity index is 1.77. The fourth-order valence-corrected chi connectivity index (χ4v) is 2.76. The third-order valence-electron chi connectivity index (χ3n) is 3.84. The van der Waals surface area contributed by atoms with Gasteiger partial charge in [0.1, 0.15) is 24.9 Å². The summed E-state index contributed by atoms with van der Waals surface area (Å²) >= 11 is 0. The van der Waals surface area contributed by atoms with Gasteiger partial charge in [0.15, 0.2) is 6.10 Å². The van der Waals surface area contributed by atoms with E-state index in [2.05, 4.69) is 24.5 Å². The molecule has 0 spiro atoms. The first-order chi connectivity index (χ1) is 9.61.